The first-order chi connectivity index (χ1) is 13.4. The van der Waals surface area contributed by atoms with Gasteiger partial charge in [-0.25, -0.2) is 4.79 Å². The number of unbranched alkanes of at least 4 members (excludes halogenated alkanes) is 4. The quantitative estimate of drug-likeness (QED) is 0.142. The van der Waals surface area contributed by atoms with Gasteiger partial charge in [-0.05, 0) is 56.3 Å². The Morgan fingerprint density at radius 2 is 1.89 bits per heavy atom. The van der Waals surface area contributed by atoms with Crippen molar-refractivity contribution in [3.63, 3.8) is 0 Å². The minimum atomic E-state index is -2.45. The molecule has 28 heavy (non-hydrogen) atoms. The van der Waals surface area contributed by atoms with Crippen LogP contribution in [0.3, 0.4) is 0 Å². The van der Waals surface area contributed by atoms with Gasteiger partial charge in [0.25, 0.3) is 5.79 Å². The number of aliphatic hydroxyl groups is 2. The minimum Gasteiger partial charge on any atom is -0.465 e. The molecule has 0 aromatic heterocycles. The number of allylic oxidation sites excluding steroid dienone is 4. The molecule has 0 saturated heterocycles. The maximum Gasteiger partial charge on any atom is 0.366 e. The van der Waals surface area contributed by atoms with Crippen LogP contribution in [0.2, 0.25) is 0 Å². The molecule has 1 saturated carbocycles. The van der Waals surface area contributed by atoms with Crippen molar-refractivity contribution in [3.8, 4) is 0 Å². The maximum atomic E-state index is 11.4. The summed E-state index contributed by atoms with van der Waals surface area (Å²) in [5.74, 6) is -1.73. The van der Waals surface area contributed by atoms with E-state index in [4.69, 9.17) is 11.6 Å². The van der Waals surface area contributed by atoms with Crippen molar-refractivity contribution >= 4 is 17.6 Å². The molecule has 0 bridgehead atoms. The Balaban J connectivity index is 2.50. The Labute approximate surface area is 176 Å². The highest BCUT2D eigenvalue weighted by Gasteiger charge is 2.40. The maximum absolute atomic E-state index is 11.4. The number of carbonyl (C=O) groups is 1. The van der Waals surface area contributed by atoms with E-state index in [9.17, 15) is 15.0 Å². The Hall–Kier alpha value is -0.840. The summed E-state index contributed by atoms with van der Waals surface area (Å²) in [6.07, 6.45) is 18.8. The fourth-order valence-electron chi connectivity index (χ4n) is 4.00. The molecule has 0 heterocycles. The fraction of sp³-hybridized carbons (Fsp3) is 0.783. The van der Waals surface area contributed by atoms with E-state index in [1.807, 2.05) is 6.08 Å². The van der Waals surface area contributed by atoms with Gasteiger partial charge in [0.2, 0.25) is 0 Å². The van der Waals surface area contributed by atoms with Crippen LogP contribution in [0.25, 0.3) is 0 Å². The van der Waals surface area contributed by atoms with Crippen LogP contribution in [0.5, 0.6) is 0 Å². The second kappa shape index (κ2) is 13.4. The lowest BCUT2D eigenvalue weighted by atomic mass is 9.87. The van der Waals surface area contributed by atoms with Gasteiger partial charge in [0, 0.05) is 11.8 Å². The van der Waals surface area contributed by atoms with Crippen molar-refractivity contribution in [3.05, 3.63) is 24.3 Å². The van der Waals surface area contributed by atoms with Crippen LogP contribution in [-0.4, -0.2) is 35.0 Å². The second-order valence-corrected chi connectivity index (χ2v) is 8.48. The molecule has 0 aliphatic heterocycles. The lowest BCUT2D eigenvalue weighted by molar-refractivity contribution is -0.222. The van der Waals surface area contributed by atoms with Crippen LogP contribution in [0, 0.1) is 23.7 Å². The molecule has 0 aromatic carbocycles. The van der Waals surface area contributed by atoms with Gasteiger partial charge in [0.1, 0.15) is 0 Å². The zero-order chi connectivity index (χ0) is 21.0. The summed E-state index contributed by atoms with van der Waals surface area (Å²) in [5.41, 5.74) is 0. The van der Waals surface area contributed by atoms with Gasteiger partial charge in [0.15, 0.2) is 0 Å². The number of methoxy groups -OCH3 is 1. The van der Waals surface area contributed by atoms with Gasteiger partial charge in [-0.2, -0.15) is 0 Å². The largest absolute Gasteiger partial charge is 0.465 e. The SMILES string of the molecule is CCCCCC/C=C/[C@H]1[C@H](CCl)CC[C@@H]1C/C=C\CC(C)C(O)(O)C(=O)OC. The average molecular weight is 415 g/mol. The van der Waals surface area contributed by atoms with Gasteiger partial charge in [-0.3, -0.25) is 0 Å². The first-order valence-electron chi connectivity index (χ1n) is 10.8. The monoisotopic (exact) mass is 414 g/mol. The zero-order valence-corrected chi connectivity index (χ0v) is 18.5. The van der Waals surface area contributed by atoms with Crippen molar-refractivity contribution in [2.45, 2.75) is 77.4 Å². The fourth-order valence-corrected chi connectivity index (χ4v) is 4.36. The van der Waals surface area contributed by atoms with Gasteiger partial charge in [-0.1, -0.05) is 57.4 Å². The van der Waals surface area contributed by atoms with E-state index in [0.29, 0.717) is 30.1 Å². The highest BCUT2D eigenvalue weighted by Crippen LogP contribution is 2.41. The first kappa shape index (κ1) is 25.2. The Morgan fingerprint density at radius 1 is 1.18 bits per heavy atom. The van der Waals surface area contributed by atoms with Gasteiger partial charge < -0.3 is 14.9 Å². The van der Waals surface area contributed by atoms with E-state index in [2.05, 4.69) is 29.9 Å². The molecule has 1 rings (SSSR count). The van der Waals surface area contributed by atoms with E-state index in [1.165, 1.54) is 38.5 Å². The third kappa shape index (κ3) is 7.88. The summed E-state index contributed by atoms with van der Waals surface area (Å²) in [6, 6.07) is 0. The first-order valence-corrected chi connectivity index (χ1v) is 11.3. The Bertz CT molecular complexity index is 501. The van der Waals surface area contributed by atoms with Crippen molar-refractivity contribution in [2.75, 3.05) is 13.0 Å². The number of hydrogen-bond acceptors (Lipinski definition) is 4. The molecule has 2 N–H and O–H groups in total. The van der Waals surface area contributed by atoms with Crippen LogP contribution < -0.4 is 0 Å². The molecule has 4 atom stereocenters. The summed E-state index contributed by atoms with van der Waals surface area (Å²) in [5, 5.41) is 19.7. The van der Waals surface area contributed by atoms with Gasteiger partial charge in [0.05, 0.1) is 7.11 Å². The zero-order valence-electron chi connectivity index (χ0n) is 17.8. The van der Waals surface area contributed by atoms with Crippen molar-refractivity contribution in [1.29, 1.82) is 0 Å². The molecule has 0 amide bonds. The van der Waals surface area contributed by atoms with E-state index < -0.39 is 17.7 Å². The van der Waals surface area contributed by atoms with Crippen LogP contribution in [-0.2, 0) is 9.53 Å². The minimum absolute atomic E-state index is 0.408. The van der Waals surface area contributed by atoms with Crippen LogP contribution in [0.15, 0.2) is 24.3 Å². The number of esters is 1. The normalized spacial score (nSPS) is 24.3. The number of ether oxygens (including phenoxy) is 1. The number of alkyl halides is 1. The van der Waals surface area contributed by atoms with Crippen LogP contribution in [0.1, 0.15) is 71.6 Å². The van der Waals surface area contributed by atoms with Gasteiger partial charge in [-0.15, -0.1) is 11.6 Å². The highest BCUT2D eigenvalue weighted by atomic mass is 35.5. The molecule has 4 nitrogen and oxygen atoms in total. The third-order valence-corrected chi connectivity index (χ3v) is 6.44. The molecule has 1 fully saturated rings. The molecule has 1 unspecified atom stereocenters. The third-order valence-electron chi connectivity index (χ3n) is 6.05. The summed E-state index contributed by atoms with van der Waals surface area (Å²) < 4.78 is 4.45. The molecule has 1 aliphatic carbocycles. The van der Waals surface area contributed by atoms with E-state index in [1.54, 1.807) is 6.92 Å². The standard InChI is InChI=1S/C23H39ClO4/c1-4-5-6-7-8-9-14-21-19(15-16-20(21)17-24)13-11-10-12-18(2)23(26,27)22(25)28-3/h9-11,14,18-21,26-27H,4-8,12-13,15-17H2,1-3H3/b11-10-,14-9+/t18?,19-,20-,21+/m0/s1. The highest BCUT2D eigenvalue weighted by molar-refractivity contribution is 6.18. The van der Waals surface area contributed by atoms with E-state index in [-0.39, 0.29) is 0 Å². The molecular weight excluding hydrogens is 376 g/mol. The van der Waals surface area contributed by atoms with Crippen molar-refractivity contribution in [2.24, 2.45) is 23.7 Å². The lowest BCUT2D eigenvalue weighted by Crippen LogP contribution is -2.45. The molecule has 162 valence electrons. The topological polar surface area (TPSA) is 66.8 Å². The molecule has 0 aromatic rings. The van der Waals surface area contributed by atoms with E-state index in [0.717, 1.165) is 20.0 Å². The molecular formula is C23H39ClO4. The lowest BCUT2D eigenvalue weighted by Gasteiger charge is -2.24. The summed E-state index contributed by atoms with van der Waals surface area (Å²) >= 11 is 6.19. The molecule has 1 aliphatic rings. The Morgan fingerprint density at radius 3 is 2.54 bits per heavy atom. The summed E-state index contributed by atoms with van der Waals surface area (Å²) in [7, 11) is 1.15. The molecule has 0 spiro atoms. The molecule has 0 radical (unpaired) electrons. The number of rotatable bonds is 13. The summed E-state index contributed by atoms with van der Waals surface area (Å²) in [4.78, 5) is 11.4. The van der Waals surface area contributed by atoms with Crippen LogP contribution >= 0.6 is 11.6 Å². The van der Waals surface area contributed by atoms with E-state index >= 15 is 0 Å². The van der Waals surface area contributed by atoms with Crippen molar-refractivity contribution < 1.29 is 19.7 Å². The molecule has 5 heteroatoms. The number of carbonyl (C=O) groups excluding carboxylic acids is 1. The predicted molar refractivity (Wildman–Crippen MR) is 115 cm³/mol. The Kier molecular flexibility index (Phi) is 12.1. The summed E-state index contributed by atoms with van der Waals surface area (Å²) in [6.45, 7) is 3.86. The predicted octanol–water partition coefficient (Wildman–Crippen LogP) is 5.22. The van der Waals surface area contributed by atoms with Gasteiger partial charge >= 0.3 is 5.97 Å². The second-order valence-electron chi connectivity index (χ2n) is 8.17. The average Bonchev–Trinajstić information content (AvgIpc) is 3.08. The number of halogens is 1. The number of hydrogen-bond donors (Lipinski definition) is 2. The smallest absolute Gasteiger partial charge is 0.366 e. The van der Waals surface area contributed by atoms with Crippen LogP contribution in [0.4, 0.5) is 0 Å². The van der Waals surface area contributed by atoms with Crippen molar-refractivity contribution in [1.82, 2.24) is 0 Å².